The van der Waals surface area contributed by atoms with Crippen LogP contribution >= 0.6 is 23.1 Å². The van der Waals surface area contributed by atoms with E-state index in [2.05, 4.69) is 15.5 Å². The van der Waals surface area contributed by atoms with Gasteiger partial charge in [0.15, 0.2) is 4.34 Å². The molecule has 0 spiro atoms. The molecule has 0 aliphatic rings. The number of nitrogens with zero attached hydrogens (tertiary/aromatic N) is 2. The van der Waals surface area contributed by atoms with Crippen LogP contribution in [0.15, 0.2) is 25.9 Å². The van der Waals surface area contributed by atoms with E-state index in [9.17, 15) is 14.4 Å². The molecule has 0 unspecified atom stereocenters. The molecule has 0 fully saturated rings. The summed E-state index contributed by atoms with van der Waals surface area (Å²) < 4.78 is 11.0. The van der Waals surface area contributed by atoms with Crippen LogP contribution < -0.4 is 15.5 Å². The average molecular weight is 397 g/mol. The Labute approximate surface area is 158 Å². The molecular weight excluding hydrogens is 378 g/mol. The van der Waals surface area contributed by atoms with Gasteiger partial charge in [0.2, 0.25) is 22.2 Å². The minimum Gasteiger partial charge on any atom is -0.464 e. The first-order valence-corrected chi connectivity index (χ1v) is 9.76. The number of carbonyl (C=O) groups excluding carboxylic acids is 2. The van der Waals surface area contributed by atoms with Crippen molar-refractivity contribution < 1.29 is 18.7 Å². The number of aromatic nitrogens is 2. The Morgan fingerprint density at radius 2 is 2.15 bits per heavy atom. The maximum Gasteiger partial charge on any atom is 0.311 e. The summed E-state index contributed by atoms with van der Waals surface area (Å²) in [5.41, 5.74) is -0.419. The molecule has 0 bridgehead atoms. The summed E-state index contributed by atoms with van der Waals surface area (Å²) in [5, 5.41) is 10.9. The smallest absolute Gasteiger partial charge is 0.311 e. The Kier molecular flexibility index (Phi) is 7.34. The van der Waals surface area contributed by atoms with Crippen LogP contribution in [-0.2, 0) is 15.3 Å². The summed E-state index contributed by atoms with van der Waals surface area (Å²) in [5.74, 6) is 0.189. The predicted molar refractivity (Wildman–Crippen MR) is 98.5 cm³/mol. The minimum atomic E-state index is -0.468. The van der Waals surface area contributed by atoms with Gasteiger partial charge in [0.1, 0.15) is 12.0 Å². The molecule has 0 radical (unpaired) electrons. The summed E-state index contributed by atoms with van der Waals surface area (Å²) in [4.78, 5) is 34.9. The van der Waals surface area contributed by atoms with Crippen LogP contribution in [0.1, 0.15) is 39.4 Å². The maximum atomic E-state index is 12.0. The van der Waals surface area contributed by atoms with Crippen molar-refractivity contribution in [3.05, 3.63) is 28.3 Å². The Morgan fingerprint density at radius 3 is 2.81 bits per heavy atom. The molecule has 0 saturated carbocycles. The van der Waals surface area contributed by atoms with Gasteiger partial charge in [0.25, 0.3) is 0 Å². The molecule has 0 atom stereocenters. The van der Waals surface area contributed by atoms with E-state index in [0.29, 0.717) is 27.4 Å². The Morgan fingerprint density at radius 1 is 1.38 bits per heavy atom. The third-order valence-corrected chi connectivity index (χ3v) is 4.96. The molecule has 26 heavy (non-hydrogen) atoms. The molecule has 2 heterocycles. The second kappa shape index (κ2) is 9.48. The third-order valence-electron chi connectivity index (χ3n) is 2.96. The number of rotatable bonds is 8. The lowest BCUT2D eigenvalue weighted by Crippen LogP contribution is -2.16. The number of nitrogens with one attached hydrogen (secondary N) is 1. The summed E-state index contributed by atoms with van der Waals surface area (Å²) in [6.45, 7) is 5.52. The summed E-state index contributed by atoms with van der Waals surface area (Å²) in [6, 6.07) is 1.28. The molecule has 1 N–H and O–H groups in total. The number of hydrogen-bond donors (Lipinski definition) is 1. The van der Waals surface area contributed by atoms with Crippen LogP contribution in [-0.4, -0.2) is 22.1 Å². The zero-order valence-electron chi connectivity index (χ0n) is 14.6. The van der Waals surface area contributed by atoms with Crippen LogP contribution in [0, 0.1) is 5.92 Å². The van der Waals surface area contributed by atoms with E-state index >= 15 is 0 Å². The maximum absolute atomic E-state index is 12.0. The van der Waals surface area contributed by atoms with E-state index in [1.807, 2.05) is 13.8 Å². The topological polar surface area (TPSA) is 111 Å². The van der Waals surface area contributed by atoms with E-state index in [0.717, 1.165) is 6.26 Å². The van der Waals surface area contributed by atoms with Crippen LogP contribution in [0.5, 0.6) is 5.75 Å². The van der Waals surface area contributed by atoms with Crippen LogP contribution in [0.2, 0.25) is 0 Å². The molecule has 0 aromatic carbocycles. The van der Waals surface area contributed by atoms with E-state index in [4.69, 9.17) is 9.15 Å². The first kappa shape index (κ1) is 20.1. The van der Waals surface area contributed by atoms with Crippen LogP contribution in [0.4, 0.5) is 5.13 Å². The molecule has 2 aromatic heterocycles. The molecule has 10 heteroatoms. The molecule has 8 nitrogen and oxygen atoms in total. The van der Waals surface area contributed by atoms with E-state index in [-0.39, 0.29) is 24.0 Å². The van der Waals surface area contributed by atoms with Crippen molar-refractivity contribution in [2.24, 2.45) is 5.92 Å². The van der Waals surface area contributed by atoms with E-state index < -0.39 is 11.4 Å². The quantitative estimate of drug-likeness (QED) is 0.411. The fourth-order valence-corrected chi connectivity index (χ4v) is 3.40. The van der Waals surface area contributed by atoms with Crippen LogP contribution in [0.25, 0.3) is 0 Å². The second-order valence-electron chi connectivity index (χ2n) is 5.71. The predicted octanol–water partition coefficient (Wildman–Crippen LogP) is 3.08. The first-order chi connectivity index (χ1) is 12.4. The highest BCUT2D eigenvalue weighted by atomic mass is 32.2. The SMILES string of the molecule is CCC(=O)Nc1nnc(SCc2cc(=O)c(OC(=O)CC(C)C)co2)s1. The summed E-state index contributed by atoms with van der Waals surface area (Å²) >= 11 is 2.56. The largest absolute Gasteiger partial charge is 0.464 e. The number of thioether (sulfide) groups is 1. The lowest BCUT2D eigenvalue weighted by Gasteiger charge is -2.05. The van der Waals surface area contributed by atoms with E-state index in [1.54, 1.807) is 6.92 Å². The molecule has 0 saturated heterocycles. The monoisotopic (exact) mass is 397 g/mol. The van der Waals surface area contributed by atoms with Crippen molar-refractivity contribution in [2.75, 3.05) is 5.32 Å². The molecule has 140 valence electrons. The Hall–Kier alpha value is -2.20. The Bertz CT molecular complexity index is 831. The number of amides is 1. The molecule has 0 aliphatic heterocycles. The van der Waals surface area contributed by atoms with Gasteiger partial charge in [-0.2, -0.15) is 0 Å². The fraction of sp³-hybridized carbons (Fsp3) is 0.438. The number of hydrogen-bond acceptors (Lipinski definition) is 9. The molecular formula is C16H19N3O5S2. The minimum absolute atomic E-state index is 0.120. The van der Waals surface area contributed by atoms with Gasteiger partial charge in [0, 0.05) is 18.9 Å². The molecule has 0 aliphatic carbocycles. The number of ether oxygens (including phenoxy) is 1. The van der Waals surface area contributed by atoms with Gasteiger partial charge < -0.3 is 14.5 Å². The zero-order chi connectivity index (χ0) is 19.1. The van der Waals surface area contributed by atoms with Crippen molar-refractivity contribution in [3.8, 4) is 5.75 Å². The summed E-state index contributed by atoms with van der Waals surface area (Å²) in [6.07, 6.45) is 1.73. The van der Waals surface area contributed by atoms with Gasteiger partial charge in [-0.15, -0.1) is 10.2 Å². The van der Waals surface area contributed by atoms with Crippen LogP contribution in [0.3, 0.4) is 0 Å². The van der Waals surface area contributed by atoms with Gasteiger partial charge >= 0.3 is 5.97 Å². The normalized spacial score (nSPS) is 10.8. The van der Waals surface area contributed by atoms with Gasteiger partial charge in [0.05, 0.1) is 5.75 Å². The molecule has 1 amide bonds. The number of esters is 1. The molecule has 2 rings (SSSR count). The van der Waals surface area contributed by atoms with Gasteiger partial charge in [-0.3, -0.25) is 14.4 Å². The lowest BCUT2D eigenvalue weighted by atomic mass is 10.1. The second-order valence-corrected chi connectivity index (χ2v) is 7.91. The van der Waals surface area contributed by atoms with Crippen molar-refractivity contribution in [1.82, 2.24) is 10.2 Å². The standard InChI is InChI=1S/C16H19N3O5S2/c1-4-13(21)17-15-18-19-16(26-15)25-8-10-6-11(20)12(7-23-10)24-14(22)5-9(2)3/h6-7,9H,4-5,8H2,1-3H3,(H,17,18,21). The van der Waals surface area contributed by atoms with Gasteiger partial charge in [-0.1, -0.05) is 43.9 Å². The number of anilines is 1. The highest BCUT2D eigenvalue weighted by Crippen LogP contribution is 2.28. The zero-order valence-corrected chi connectivity index (χ0v) is 16.2. The first-order valence-electron chi connectivity index (χ1n) is 7.96. The van der Waals surface area contributed by atoms with Crippen molar-refractivity contribution in [2.45, 2.75) is 43.7 Å². The third kappa shape index (κ3) is 6.26. The van der Waals surface area contributed by atoms with Crippen molar-refractivity contribution in [1.29, 1.82) is 0 Å². The number of carbonyl (C=O) groups is 2. The van der Waals surface area contributed by atoms with Crippen molar-refractivity contribution in [3.63, 3.8) is 0 Å². The molecule has 2 aromatic rings. The Balaban J connectivity index is 1.92. The van der Waals surface area contributed by atoms with Gasteiger partial charge in [-0.05, 0) is 5.92 Å². The summed E-state index contributed by atoms with van der Waals surface area (Å²) in [7, 11) is 0. The fourth-order valence-electron chi connectivity index (χ4n) is 1.75. The average Bonchev–Trinajstić information content (AvgIpc) is 3.01. The van der Waals surface area contributed by atoms with Gasteiger partial charge in [-0.25, -0.2) is 0 Å². The highest BCUT2D eigenvalue weighted by molar-refractivity contribution is 8.00. The lowest BCUT2D eigenvalue weighted by molar-refractivity contribution is -0.135. The van der Waals surface area contributed by atoms with Crippen molar-refractivity contribution >= 4 is 40.1 Å². The highest BCUT2D eigenvalue weighted by Gasteiger charge is 2.13. The van der Waals surface area contributed by atoms with E-state index in [1.165, 1.54) is 29.2 Å².